The third-order valence-electron chi connectivity index (χ3n) is 2.40. The Morgan fingerprint density at radius 3 is 2.68 bits per heavy atom. The first kappa shape index (κ1) is 15.9. The number of phosphoric ester groups is 1. The van der Waals surface area contributed by atoms with Crippen molar-refractivity contribution in [3.8, 4) is 0 Å². The molecule has 10 nitrogen and oxygen atoms in total. The second kappa shape index (κ2) is 6.33. The fourth-order valence-electron chi connectivity index (χ4n) is 1.78. The molecule has 1 fully saturated rings. The molecule has 1 aliphatic heterocycles. The second-order valence-corrected chi connectivity index (χ2v) is 5.14. The Hall–Kier alpha value is -1.15. The Balaban J connectivity index is 2.82. The minimum Gasteiger partial charge on any atom is -0.459 e. The van der Waals surface area contributed by atoms with Crippen LogP contribution in [-0.2, 0) is 23.4 Å². The van der Waals surface area contributed by atoms with Gasteiger partial charge < -0.3 is 19.3 Å². The summed E-state index contributed by atoms with van der Waals surface area (Å²) in [7, 11) is -4.72. The van der Waals surface area contributed by atoms with Gasteiger partial charge in [-0.3, -0.25) is 9.32 Å². The summed E-state index contributed by atoms with van der Waals surface area (Å²) in [5.74, 6) is -0.576. The lowest BCUT2D eigenvalue weighted by molar-refractivity contribution is -0.205. The van der Waals surface area contributed by atoms with Crippen LogP contribution in [0.3, 0.4) is 0 Å². The van der Waals surface area contributed by atoms with E-state index < -0.39 is 38.3 Å². The van der Waals surface area contributed by atoms with Crippen LogP contribution in [0.15, 0.2) is 5.11 Å². The minimum absolute atomic E-state index is 0.128. The fourth-order valence-corrected chi connectivity index (χ4v) is 2.22. The van der Waals surface area contributed by atoms with Crippen LogP contribution in [-0.4, -0.2) is 40.3 Å². The molecular weight excluding hydrogens is 281 g/mol. The smallest absolute Gasteiger partial charge is 0.459 e. The van der Waals surface area contributed by atoms with Gasteiger partial charge >= 0.3 is 13.8 Å². The molecule has 11 heteroatoms. The molecule has 1 heterocycles. The SMILES string of the molecule is CC(=O)O[C@@H]1[C@@H](N=[N+]=[N-])C[C@H](OP(=O)(O)O)O[C@H]1C. The standard InChI is InChI=1S/C8H14N3O7P/c1-4-8(17-5(2)12)6(10-11-9)3-7(16-4)18-19(13,14)15/h4,6-8H,3H2,1-2H3,(H2,13,14,15)/t4-,6-,7-,8-/m0/s1. The molecule has 0 unspecified atom stereocenters. The molecule has 0 spiro atoms. The third-order valence-corrected chi connectivity index (χ3v) is 2.91. The lowest BCUT2D eigenvalue weighted by Gasteiger charge is -2.37. The molecule has 0 aliphatic carbocycles. The largest absolute Gasteiger partial charge is 0.471 e. The van der Waals surface area contributed by atoms with E-state index in [1.807, 2.05) is 0 Å². The predicted octanol–water partition coefficient (Wildman–Crippen LogP) is 0.841. The van der Waals surface area contributed by atoms with Gasteiger partial charge in [0.15, 0.2) is 6.29 Å². The first-order valence-electron chi connectivity index (χ1n) is 5.33. The van der Waals surface area contributed by atoms with Crippen LogP contribution < -0.4 is 0 Å². The molecule has 2 N–H and O–H groups in total. The summed E-state index contributed by atoms with van der Waals surface area (Å²) in [5.41, 5.74) is 8.46. The molecule has 1 rings (SSSR count). The van der Waals surface area contributed by atoms with Crippen molar-refractivity contribution in [3.63, 3.8) is 0 Å². The summed E-state index contributed by atoms with van der Waals surface area (Å²) in [5, 5.41) is 3.44. The summed E-state index contributed by atoms with van der Waals surface area (Å²) in [6.07, 6.45) is -2.93. The van der Waals surface area contributed by atoms with E-state index >= 15 is 0 Å². The normalized spacial score (nSPS) is 31.4. The molecule has 19 heavy (non-hydrogen) atoms. The highest BCUT2D eigenvalue weighted by Gasteiger charge is 2.40. The number of rotatable bonds is 4. The number of hydrogen-bond donors (Lipinski definition) is 2. The Bertz CT molecular complexity index is 432. The predicted molar refractivity (Wildman–Crippen MR) is 60.6 cm³/mol. The van der Waals surface area contributed by atoms with Gasteiger partial charge in [-0.1, -0.05) is 5.11 Å². The molecule has 0 saturated carbocycles. The van der Waals surface area contributed by atoms with Crippen LogP contribution in [0.1, 0.15) is 20.3 Å². The van der Waals surface area contributed by atoms with Gasteiger partial charge in [-0.05, 0) is 12.5 Å². The maximum atomic E-state index is 10.9. The summed E-state index contributed by atoms with van der Waals surface area (Å²) in [6, 6.07) is -0.825. The van der Waals surface area contributed by atoms with Crippen LogP contribution in [0.25, 0.3) is 10.4 Å². The zero-order valence-corrected chi connectivity index (χ0v) is 11.1. The van der Waals surface area contributed by atoms with Crippen molar-refractivity contribution >= 4 is 13.8 Å². The summed E-state index contributed by atoms with van der Waals surface area (Å²) < 4.78 is 25.3. The van der Waals surface area contributed by atoms with Gasteiger partial charge in [0.2, 0.25) is 0 Å². The highest BCUT2D eigenvalue weighted by Crippen LogP contribution is 2.41. The number of phosphoric acid groups is 1. The van der Waals surface area contributed by atoms with E-state index in [0.29, 0.717) is 0 Å². The van der Waals surface area contributed by atoms with E-state index in [0.717, 1.165) is 0 Å². The Labute approximate surface area is 108 Å². The lowest BCUT2D eigenvalue weighted by Crippen LogP contribution is -2.48. The number of ether oxygens (including phenoxy) is 2. The first-order chi connectivity index (χ1) is 8.73. The molecule has 1 saturated heterocycles. The van der Waals surface area contributed by atoms with Gasteiger partial charge in [0.25, 0.3) is 0 Å². The van der Waals surface area contributed by atoms with Gasteiger partial charge in [-0.15, -0.1) is 0 Å². The van der Waals surface area contributed by atoms with Gasteiger partial charge in [-0.25, -0.2) is 4.57 Å². The van der Waals surface area contributed by atoms with Crippen LogP contribution in [0.2, 0.25) is 0 Å². The van der Waals surface area contributed by atoms with E-state index in [4.69, 9.17) is 24.8 Å². The first-order valence-corrected chi connectivity index (χ1v) is 6.87. The summed E-state index contributed by atoms with van der Waals surface area (Å²) >= 11 is 0. The van der Waals surface area contributed by atoms with Crippen molar-refractivity contribution < 1.29 is 33.1 Å². The summed E-state index contributed by atoms with van der Waals surface area (Å²) in [4.78, 5) is 31.0. The van der Waals surface area contributed by atoms with E-state index in [9.17, 15) is 9.36 Å². The van der Waals surface area contributed by atoms with Crippen LogP contribution in [0.4, 0.5) is 0 Å². The lowest BCUT2D eigenvalue weighted by atomic mass is 10.0. The van der Waals surface area contributed by atoms with E-state index in [-0.39, 0.29) is 6.42 Å². The summed E-state index contributed by atoms with van der Waals surface area (Å²) in [6.45, 7) is 2.71. The maximum Gasteiger partial charge on any atom is 0.471 e. The highest BCUT2D eigenvalue weighted by molar-refractivity contribution is 7.46. The van der Waals surface area contributed by atoms with Crippen LogP contribution >= 0.6 is 7.82 Å². The maximum absolute atomic E-state index is 10.9. The molecular formula is C8H14N3O7P. The van der Waals surface area contributed by atoms with Gasteiger partial charge in [0.1, 0.15) is 6.10 Å². The molecule has 0 amide bonds. The molecule has 4 atom stereocenters. The van der Waals surface area contributed by atoms with Crippen molar-refractivity contribution in [1.29, 1.82) is 0 Å². The molecule has 0 radical (unpaired) electrons. The minimum atomic E-state index is -4.72. The van der Waals surface area contributed by atoms with Crippen molar-refractivity contribution in [2.45, 2.75) is 44.8 Å². The average Bonchev–Trinajstić information content (AvgIpc) is 2.20. The highest BCUT2D eigenvalue weighted by atomic mass is 31.2. The monoisotopic (exact) mass is 295 g/mol. The van der Waals surface area contributed by atoms with E-state index in [1.165, 1.54) is 13.8 Å². The third kappa shape index (κ3) is 5.15. The Kier molecular flexibility index (Phi) is 5.30. The van der Waals surface area contributed by atoms with E-state index in [1.54, 1.807) is 0 Å². The zero-order chi connectivity index (χ0) is 14.6. The van der Waals surface area contributed by atoms with Crippen LogP contribution in [0, 0.1) is 0 Å². The number of carbonyl (C=O) groups excluding carboxylic acids is 1. The second-order valence-electron chi connectivity index (χ2n) is 3.95. The topological polar surface area (TPSA) is 151 Å². The molecule has 108 valence electrons. The Morgan fingerprint density at radius 1 is 1.58 bits per heavy atom. The van der Waals surface area contributed by atoms with Gasteiger partial charge in [0.05, 0.1) is 12.1 Å². The number of esters is 1. The number of carbonyl (C=O) groups is 1. The van der Waals surface area contributed by atoms with Gasteiger partial charge in [0, 0.05) is 18.3 Å². The number of nitrogens with zero attached hydrogens (tertiary/aromatic N) is 3. The molecule has 0 bridgehead atoms. The van der Waals surface area contributed by atoms with E-state index in [2.05, 4.69) is 14.5 Å². The fraction of sp³-hybridized carbons (Fsp3) is 0.875. The van der Waals surface area contributed by atoms with Crippen molar-refractivity contribution in [3.05, 3.63) is 10.4 Å². The van der Waals surface area contributed by atoms with Crippen molar-refractivity contribution in [2.75, 3.05) is 0 Å². The Morgan fingerprint density at radius 2 is 2.21 bits per heavy atom. The van der Waals surface area contributed by atoms with Crippen molar-refractivity contribution in [2.24, 2.45) is 5.11 Å². The van der Waals surface area contributed by atoms with Crippen molar-refractivity contribution in [1.82, 2.24) is 0 Å². The molecule has 0 aromatic carbocycles. The molecule has 1 aliphatic rings. The average molecular weight is 295 g/mol. The quantitative estimate of drug-likeness (QED) is 0.256. The number of azide groups is 1. The van der Waals surface area contributed by atoms with Crippen LogP contribution in [0.5, 0.6) is 0 Å². The van der Waals surface area contributed by atoms with Gasteiger partial charge in [-0.2, -0.15) is 0 Å². The molecule has 0 aromatic rings. The zero-order valence-electron chi connectivity index (χ0n) is 10.2. The molecule has 0 aromatic heterocycles. The number of hydrogen-bond acceptors (Lipinski definition) is 6.